The maximum absolute atomic E-state index is 9.95. The Morgan fingerprint density at radius 1 is 1.40 bits per heavy atom. The normalized spacial score (nSPS) is 10.4. The van der Waals surface area contributed by atoms with Gasteiger partial charge in [0.25, 0.3) is 0 Å². The van der Waals surface area contributed by atoms with Gasteiger partial charge < -0.3 is 5.11 Å². The summed E-state index contributed by atoms with van der Waals surface area (Å²) >= 11 is 0. The predicted molar refractivity (Wildman–Crippen MR) is 29.7 cm³/mol. The van der Waals surface area contributed by atoms with Gasteiger partial charge in [0.05, 0.1) is 0 Å². The van der Waals surface area contributed by atoms with E-state index in [0.717, 1.165) is 0 Å². The van der Waals surface area contributed by atoms with Crippen LogP contribution in [0.4, 0.5) is 0 Å². The van der Waals surface area contributed by atoms with Crippen molar-refractivity contribution in [2.75, 3.05) is 0 Å². The van der Waals surface area contributed by atoms with Crippen molar-refractivity contribution in [2.45, 2.75) is 6.17 Å². The maximum atomic E-state index is 9.95. The molecule has 0 aromatic rings. The second kappa shape index (κ2) is 4.02. The van der Waals surface area contributed by atoms with E-state index in [1.54, 1.807) is 0 Å². The molecule has 0 rings (SSSR count). The van der Waals surface area contributed by atoms with Gasteiger partial charge >= 0.3 is 5.97 Å². The smallest absolute Gasteiger partial charge is 0.318 e. The van der Waals surface area contributed by atoms with Gasteiger partial charge in [0.1, 0.15) is 0 Å². The lowest BCUT2D eigenvalue weighted by atomic mass is 10.6. The molecule has 0 amide bonds. The Balaban J connectivity index is 4.40. The molecule has 0 fully saturated rings. The Labute approximate surface area is 54.3 Å². The zero-order chi connectivity index (χ0) is 7.98. The second-order valence-corrected chi connectivity index (χ2v) is 1.12. The molecule has 52 valence electrons. The number of azide groups is 1. The molecule has 0 unspecified atom stereocenters. The molecule has 0 aliphatic carbocycles. The van der Waals surface area contributed by atoms with Gasteiger partial charge in [-0.25, -0.2) is 0 Å². The van der Waals surface area contributed by atoms with E-state index in [2.05, 4.69) is 20.1 Å². The standard InChI is InChI=1S/C2H2N6O2/c3-7-5-1(2(9)10)6-8-4/h1H,(H,9,10). The monoisotopic (exact) mass is 142 g/mol. The molecule has 0 aromatic heterocycles. The fourth-order valence-electron chi connectivity index (χ4n) is 0.220. The fraction of sp³-hybridized carbons (Fsp3) is 0.500. The first-order valence-corrected chi connectivity index (χ1v) is 2.03. The Morgan fingerprint density at radius 2 is 1.80 bits per heavy atom. The lowest BCUT2D eigenvalue weighted by Gasteiger charge is -1.91. The molecule has 8 heteroatoms. The SMILES string of the molecule is [N-]=[N+]=NC(N=[N+]=[N-])C(=O)O. The molecule has 0 saturated carbocycles. The molecule has 0 aliphatic heterocycles. The molecule has 0 aliphatic rings. The summed E-state index contributed by atoms with van der Waals surface area (Å²) in [5.74, 6) is -1.48. The average molecular weight is 142 g/mol. The van der Waals surface area contributed by atoms with Gasteiger partial charge in [0.2, 0.25) is 6.17 Å². The lowest BCUT2D eigenvalue weighted by molar-refractivity contribution is -0.138. The molecular formula is C2H2N6O2. The highest BCUT2D eigenvalue weighted by atomic mass is 16.4. The van der Waals surface area contributed by atoms with Crippen molar-refractivity contribution in [3.05, 3.63) is 20.9 Å². The summed E-state index contributed by atoms with van der Waals surface area (Å²) in [6.07, 6.45) is -1.69. The molecule has 0 spiro atoms. The van der Waals surface area contributed by atoms with Crippen LogP contribution in [0, 0.1) is 0 Å². The maximum Gasteiger partial charge on any atom is 0.318 e. The Morgan fingerprint density at radius 3 is 2.00 bits per heavy atom. The van der Waals surface area contributed by atoms with Gasteiger partial charge in [-0.1, -0.05) is 10.2 Å². The summed E-state index contributed by atoms with van der Waals surface area (Å²) in [5.41, 5.74) is 15.4. The van der Waals surface area contributed by atoms with Crippen molar-refractivity contribution in [2.24, 2.45) is 10.2 Å². The molecule has 10 heavy (non-hydrogen) atoms. The topological polar surface area (TPSA) is 135 Å². The van der Waals surface area contributed by atoms with E-state index in [1.165, 1.54) is 0 Å². The summed E-state index contributed by atoms with van der Waals surface area (Å²) in [4.78, 5) is 14.3. The predicted octanol–water partition coefficient (Wildman–Crippen LogP) is 1.02. The van der Waals surface area contributed by atoms with E-state index < -0.39 is 12.1 Å². The third-order valence-electron chi connectivity index (χ3n) is 0.543. The largest absolute Gasteiger partial charge is 0.481 e. The first kappa shape index (κ1) is 8.09. The van der Waals surface area contributed by atoms with E-state index in [0.29, 0.717) is 0 Å². The van der Waals surface area contributed by atoms with Crippen LogP contribution in [0.1, 0.15) is 0 Å². The number of hydrogen-bond acceptors (Lipinski definition) is 3. The van der Waals surface area contributed by atoms with Crippen LogP contribution in [0.15, 0.2) is 10.2 Å². The van der Waals surface area contributed by atoms with Crippen molar-refractivity contribution in [3.63, 3.8) is 0 Å². The highest BCUT2D eigenvalue weighted by Crippen LogP contribution is 1.93. The lowest BCUT2D eigenvalue weighted by Crippen LogP contribution is -2.12. The van der Waals surface area contributed by atoms with E-state index >= 15 is 0 Å². The van der Waals surface area contributed by atoms with Crippen LogP contribution in [-0.2, 0) is 4.79 Å². The van der Waals surface area contributed by atoms with Crippen LogP contribution in [0.25, 0.3) is 20.9 Å². The molecule has 0 saturated heterocycles. The van der Waals surface area contributed by atoms with Crippen LogP contribution in [0.2, 0.25) is 0 Å². The Kier molecular flexibility index (Phi) is 3.25. The highest BCUT2D eigenvalue weighted by molar-refractivity contribution is 5.73. The number of nitrogens with zero attached hydrogens (tertiary/aromatic N) is 6. The number of aliphatic carboxylic acids is 1. The van der Waals surface area contributed by atoms with Crippen LogP contribution in [0.5, 0.6) is 0 Å². The summed E-state index contributed by atoms with van der Waals surface area (Å²) in [6.45, 7) is 0. The van der Waals surface area contributed by atoms with E-state index in [1.807, 2.05) is 0 Å². The van der Waals surface area contributed by atoms with E-state index in [9.17, 15) is 4.79 Å². The van der Waals surface area contributed by atoms with E-state index in [4.69, 9.17) is 16.2 Å². The van der Waals surface area contributed by atoms with Gasteiger partial charge in [-0.3, -0.25) is 4.79 Å². The van der Waals surface area contributed by atoms with Crippen molar-refractivity contribution in [3.8, 4) is 0 Å². The summed E-state index contributed by atoms with van der Waals surface area (Å²) in [5, 5.41) is 13.5. The van der Waals surface area contributed by atoms with Crippen LogP contribution in [0.3, 0.4) is 0 Å². The number of hydrogen-bond donors (Lipinski definition) is 1. The van der Waals surface area contributed by atoms with Crippen molar-refractivity contribution >= 4 is 5.97 Å². The minimum Gasteiger partial charge on any atom is -0.481 e. The fourth-order valence-corrected chi connectivity index (χ4v) is 0.220. The van der Waals surface area contributed by atoms with Crippen LogP contribution < -0.4 is 0 Å². The number of carboxylic acids is 1. The van der Waals surface area contributed by atoms with Gasteiger partial charge in [0, 0.05) is 9.82 Å². The van der Waals surface area contributed by atoms with Gasteiger partial charge in [0.15, 0.2) is 0 Å². The molecule has 0 bridgehead atoms. The van der Waals surface area contributed by atoms with Crippen molar-refractivity contribution in [1.29, 1.82) is 0 Å². The minimum atomic E-state index is -1.69. The first-order chi connectivity index (χ1) is 4.72. The second-order valence-electron chi connectivity index (χ2n) is 1.12. The molecule has 0 aromatic carbocycles. The molecule has 0 atom stereocenters. The average Bonchev–Trinajstić information content (AvgIpc) is 1.87. The number of carboxylic acid groups (broad SMARTS) is 1. The minimum absolute atomic E-state index is 1.48. The van der Waals surface area contributed by atoms with Gasteiger partial charge in [-0.15, -0.1) is 0 Å². The quantitative estimate of drug-likeness (QED) is 0.357. The molecule has 1 N–H and O–H groups in total. The van der Waals surface area contributed by atoms with Crippen LogP contribution in [-0.4, -0.2) is 17.2 Å². The summed E-state index contributed by atoms with van der Waals surface area (Å²) < 4.78 is 0. The Hall–Kier alpha value is -1.91. The summed E-state index contributed by atoms with van der Waals surface area (Å²) in [7, 11) is 0. The molecular weight excluding hydrogens is 140 g/mol. The van der Waals surface area contributed by atoms with E-state index in [-0.39, 0.29) is 0 Å². The first-order valence-electron chi connectivity index (χ1n) is 2.03. The van der Waals surface area contributed by atoms with Crippen molar-refractivity contribution in [1.82, 2.24) is 0 Å². The molecule has 0 radical (unpaired) electrons. The number of carbonyl (C=O) groups is 1. The third kappa shape index (κ3) is 2.41. The zero-order valence-electron chi connectivity index (χ0n) is 4.62. The molecule has 0 heterocycles. The van der Waals surface area contributed by atoms with Gasteiger partial charge in [-0.2, -0.15) is 0 Å². The number of rotatable bonds is 3. The third-order valence-corrected chi connectivity index (χ3v) is 0.543. The van der Waals surface area contributed by atoms with Crippen LogP contribution >= 0.6 is 0 Å². The summed E-state index contributed by atoms with van der Waals surface area (Å²) in [6, 6.07) is 0. The highest BCUT2D eigenvalue weighted by Gasteiger charge is 2.11. The zero-order valence-corrected chi connectivity index (χ0v) is 4.62. The molecule has 8 nitrogen and oxygen atoms in total. The Bertz CT molecular complexity index is 201. The van der Waals surface area contributed by atoms with Gasteiger partial charge in [-0.05, 0) is 11.1 Å². The van der Waals surface area contributed by atoms with Crippen molar-refractivity contribution < 1.29 is 9.90 Å².